The van der Waals surface area contributed by atoms with E-state index < -0.39 is 10.0 Å². The van der Waals surface area contributed by atoms with Gasteiger partial charge in [0, 0.05) is 24.7 Å². The fourth-order valence-corrected chi connectivity index (χ4v) is 4.43. The molecule has 0 bridgehead atoms. The van der Waals surface area contributed by atoms with E-state index in [-0.39, 0.29) is 23.9 Å². The topological polar surface area (TPSA) is 99.2 Å². The van der Waals surface area contributed by atoms with E-state index in [1.165, 1.54) is 4.31 Å². The highest BCUT2D eigenvalue weighted by Crippen LogP contribution is 2.28. The molecule has 0 saturated heterocycles. The van der Waals surface area contributed by atoms with Gasteiger partial charge in [-0.1, -0.05) is 0 Å². The van der Waals surface area contributed by atoms with Gasteiger partial charge < -0.3 is 5.43 Å². The summed E-state index contributed by atoms with van der Waals surface area (Å²) in [4.78, 5) is 0.285. The van der Waals surface area contributed by atoms with Crippen LogP contribution in [-0.2, 0) is 10.0 Å². The first-order chi connectivity index (χ1) is 9.75. The van der Waals surface area contributed by atoms with Crippen LogP contribution in [0.2, 0.25) is 0 Å². The van der Waals surface area contributed by atoms with E-state index in [1.54, 1.807) is 39.8 Å². The van der Waals surface area contributed by atoms with Crippen LogP contribution in [0.1, 0.15) is 31.4 Å². The molecule has 0 saturated carbocycles. The second kappa shape index (κ2) is 6.89. The summed E-state index contributed by atoms with van der Waals surface area (Å²) in [7, 11) is -3.65. The van der Waals surface area contributed by atoms with Gasteiger partial charge in [-0.25, -0.2) is 8.42 Å². The van der Waals surface area contributed by atoms with Crippen molar-refractivity contribution in [2.75, 3.05) is 12.0 Å². The maximum absolute atomic E-state index is 12.9. The molecule has 0 atom stereocenters. The first-order valence-corrected chi connectivity index (χ1v) is 8.16. The van der Waals surface area contributed by atoms with Gasteiger partial charge in [-0.3, -0.25) is 5.84 Å². The Morgan fingerprint density at radius 3 is 2.24 bits per heavy atom. The number of anilines is 1. The second-order valence-corrected chi connectivity index (χ2v) is 7.03. The average molecular weight is 310 g/mol. The van der Waals surface area contributed by atoms with Gasteiger partial charge in [0.2, 0.25) is 10.0 Å². The van der Waals surface area contributed by atoms with Crippen LogP contribution in [0.5, 0.6) is 0 Å². The third-order valence-electron chi connectivity index (χ3n) is 3.21. The van der Waals surface area contributed by atoms with Crippen molar-refractivity contribution in [2.24, 2.45) is 5.84 Å². The zero-order chi connectivity index (χ0) is 16.2. The molecule has 116 valence electrons. The second-order valence-electron chi connectivity index (χ2n) is 5.20. The molecular formula is C14H22N4O2S. The molecule has 0 aliphatic heterocycles. The number of hydrogen-bond acceptors (Lipinski definition) is 5. The number of nitrogen functional groups attached to an aromatic ring is 1. The van der Waals surface area contributed by atoms with Gasteiger partial charge in [0.15, 0.2) is 0 Å². The number of rotatable bonds is 6. The summed E-state index contributed by atoms with van der Waals surface area (Å²) in [6, 6.07) is 5.17. The van der Waals surface area contributed by atoms with Crippen molar-refractivity contribution in [2.45, 2.75) is 45.1 Å². The lowest BCUT2D eigenvalue weighted by Gasteiger charge is -2.27. The number of benzene rings is 1. The molecule has 3 N–H and O–H groups in total. The highest BCUT2D eigenvalue weighted by atomic mass is 32.2. The maximum atomic E-state index is 12.9. The van der Waals surface area contributed by atoms with E-state index in [0.29, 0.717) is 16.8 Å². The van der Waals surface area contributed by atoms with Crippen LogP contribution in [0.4, 0.5) is 5.69 Å². The third-order valence-corrected chi connectivity index (χ3v) is 5.60. The monoisotopic (exact) mass is 310 g/mol. The quantitative estimate of drug-likeness (QED) is 0.617. The van der Waals surface area contributed by atoms with E-state index in [0.717, 1.165) is 0 Å². The van der Waals surface area contributed by atoms with Crippen molar-refractivity contribution in [1.82, 2.24) is 4.31 Å². The smallest absolute Gasteiger partial charge is 0.243 e. The number of aryl methyl sites for hydroxylation is 2. The van der Waals surface area contributed by atoms with Crippen molar-refractivity contribution in [3.05, 3.63) is 23.3 Å². The first kappa shape index (κ1) is 17.4. The number of sulfonamides is 1. The molecule has 0 aliphatic rings. The number of hydrazine groups is 1. The molecule has 0 fully saturated rings. The fraction of sp³-hybridized carbons (Fsp3) is 0.500. The van der Waals surface area contributed by atoms with E-state index in [9.17, 15) is 8.42 Å². The number of hydrogen-bond donors (Lipinski definition) is 2. The summed E-state index contributed by atoms with van der Waals surface area (Å²) in [5.74, 6) is 5.37. The zero-order valence-corrected chi connectivity index (χ0v) is 13.7. The van der Waals surface area contributed by atoms with Gasteiger partial charge in [-0.15, -0.1) is 0 Å². The van der Waals surface area contributed by atoms with Crippen molar-refractivity contribution < 1.29 is 8.42 Å². The molecule has 21 heavy (non-hydrogen) atoms. The molecule has 0 amide bonds. The Bertz CT molecular complexity index is 624. The Balaban J connectivity index is 3.39. The van der Waals surface area contributed by atoms with Crippen molar-refractivity contribution in [3.63, 3.8) is 0 Å². The van der Waals surface area contributed by atoms with E-state index >= 15 is 0 Å². The molecule has 0 spiro atoms. The predicted octanol–water partition coefficient (Wildman–Crippen LogP) is 1.90. The Hall–Kier alpha value is -1.62. The van der Waals surface area contributed by atoms with Crippen LogP contribution in [0, 0.1) is 25.2 Å². The van der Waals surface area contributed by atoms with Crippen molar-refractivity contribution in [3.8, 4) is 6.07 Å². The Morgan fingerprint density at radius 1 is 1.33 bits per heavy atom. The molecule has 0 aromatic heterocycles. The summed E-state index contributed by atoms with van der Waals surface area (Å²) in [5, 5.41) is 8.72. The molecular weight excluding hydrogens is 288 g/mol. The van der Waals surface area contributed by atoms with Crippen LogP contribution in [0.25, 0.3) is 0 Å². The minimum atomic E-state index is -3.65. The van der Waals surface area contributed by atoms with Gasteiger partial charge in [0.1, 0.15) is 0 Å². The van der Waals surface area contributed by atoms with Crippen LogP contribution >= 0.6 is 0 Å². The number of nitrogens with one attached hydrogen (secondary N) is 1. The molecule has 1 aromatic carbocycles. The molecule has 0 heterocycles. The van der Waals surface area contributed by atoms with E-state index in [4.69, 9.17) is 11.1 Å². The standard InChI is InChI=1S/C14H22N4O2S/c1-10(2)18(7-5-6-15)21(19,20)14-11(3)8-13(17-16)9-12(14)4/h8-10,17H,5,7,16H2,1-4H3. The van der Waals surface area contributed by atoms with Crippen LogP contribution < -0.4 is 11.3 Å². The van der Waals surface area contributed by atoms with Crippen molar-refractivity contribution in [1.29, 1.82) is 5.26 Å². The SMILES string of the molecule is Cc1cc(NN)cc(C)c1S(=O)(=O)N(CCC#N)C(C)C. The molecule has 1 aromatic rings. The lowest BCUT2D eigenvalue weighted by Crippen LogP contribution is -2.38. The van der Waals surface area contributed by atoms with E-state index in [1.807, 2.05) is 6.07 Å². The molecule has 7 heteroatoms. The maximum Gasteiger partial charge on any atom is 0.243 e. The predicted molar refractivity (Wildman–Crippen MR) is 83.0 cm³/mol. The zero-order valence-electron chi connectivity index (χ0n) is 12.8. The van der Waals surface area contributed by atoms with Gasteiger partial charge in [-0.05, 0) is 51.0 Å². The van der Waals surface area contributed by atoms with Crippen LogP contribution in [0.3, 0.4) is 0 Å². The lowest BCUT2D eigenvalue weighted by molar-refractivity contribution is 0.360. The largest absolute Gasteiger partial charge is 0.324 e. The summed E-state index contributed by atoms with van der Waals surface area (Å²) in [5.41, 5.74) is 4.45. The normalized spacial score (nSPS) is 11.7. The molecule has 0 radical (unpaired) electrons. The minimum Gasteiger partial charge on any atom is -0.324 e. The summed E-state index contributed by atoms with van der Waals surface area (Å²) >= 11 is 0. The fourth-order valence-electron chi connectivity index (χ4n) is 2.37. The van der Waals surface area contributed by atoms with Crippen LogP contribution in [0.15, 0.2) is 17.0 Å². The highest BCUT2D eigenvalue weighted by Gasteiger charge is 2.29. The number of nitrogens with two attached hydrogens (primary N) is 1. The van der Waals surface area contributed by atoms with E-state index in [2.05, 4.69) is 5.43 Å². The summed E-state index contributed by atoms with van der Waals surface area (Å²) in [6.07, 6.45) is 0.165. The molecule has 6 nitrogen and oxygen atoms in total. The number of nitrogens with zero attached hydrogens (tertiary/aromatic N) is 2. The third kappa shape index (κ3) is 3.73. The Kier molecular flexibility index (Phi) is 5.72. The molecule has 0 unspecified atom stereocenters. The van der Waals surface area contributed by atoms with Gasteiger partial charge in [-0.2, -0.15) is 9.57 Å². The van der Waals surface area contributed by atoms with Gasteiger partial charge in [0.25, 0.3) is 0 Å². The average Bonchev–Trinajstić information content (AvgIpc) is 2.37. The number of nitriles is 1. The van der Waals surface area contributed by atoms with Gasteiger partial charge >= 0.3 is 0 Å². The molecule has 1 rings (SSSR count). The Labute approximate surface area is 126 Å². The first-order valence-electron chi connectivity index (χ1n) is 6.72. The van der Waals surface area contributed by atoms with Crippen LogP contribution in [-0.4, -0.2) is 25.3 Å². The Morgan fingerprint density at radius 2 is 1.86 bits per heavy atom. The van der Waals surface area contributed by atoms with Gasteiger partial charge in [0.05, 0.1) is 11.0 Å². The van der Waals surface area contributed by atoms with Crippen molar-refractivity contribution >= 4 is 15.7 Å². The summed E-state index contributed by atoms with van der Waals surface area (Å²) < 4.78 is 27.1. The highest BCUT2D eigenvalue weighted by molar-refractivity contribution is 7.89. The lowest BCUT2D eigenvalue weighted by atomic mass is 10.1. The minimum absolute atomic E-state index is 0.165. The molecule has 0 aliphatic carbocycles. The summed E-state index contributed by atoms with van der Waals surface area (Å²) in [6.45, 7) is 7.27.